The van der Waals surface area contributed by atoms with Crippen LogP contribution in [0, 0.1) is 11.3 Å². The molecule has 1 amide bonds. The van der Waals surface area contributed by atoms with Crippen molar-refractivity contribution in [3.05, 3.63) is 40.3 Å². The number of ether oxygens (including phenoxy) is 1. The van der Waals surface area contributed by atoms with Crippen LogP contribution in [0.5, 0.6) is 0 Å². The number of sulfone groups is 1. The highest BCUT2D eigenvalue weighted by Crippen LogP contribution is 2.30. The van der Waals surface area contributed by atoms with Crippen LogP contribution >= 0.6 is 11.8 Å². The van der Waals surface area contributed by atoms with E-state index in [-0.39, 0.29) is 15.9 Å². The van der Waals surface area contributed by atoms with Gasteiger partial charge in [-0.1, -0.05) is 18.2 Å². The molecule has 0 spiro atoms. The van der Waals surface area contributed by atoms with E-state index in [1.165, 1.54) is 23.9 Å². The van der Waals surface area contributed by atoms with Crippen LogP contribution in [-0.4, -0.2) is 62.3 Å². The number of carbonyl (C=O) groups is 1. The van der Waals surface area contributed by atoms with Crippen molar-refractivity contribution in [1.29, 1.82) is 5.26 Å². The van der Waals surface area contributed by atoms with Crippen molar-refractivity contribution in [3.63, 3.8) is 0 Å². The first kappa shape index (κ1) is 22.1. The molecule has 0 radical (unpaired) electrons. The predicted molar refractivity (Wildman–Crippen MR) is 109 cm³/mol. The Morgan fingerprint density at radius 3 is 2.11 bits per heavy atom. The summed E-state index contributed by atoms with van der Waals surface area (Å²) in [5.74, 6) is 0. The van der Waals surface area contributed by atoms with Crippen molar-refractivity contribution in [2.24, 2.45) is 0 Å². The first-order chi connectivity index (χ1) is 13.1. The Morgan fingerprint density at radius 2 is 1.64 bits per heavy atom. The smallest absolute Gasteiger partial charge is 0.410 e. The second-order valence-corrected chi connectivity index (χ2v) is 9.90. The molecule has 9 heteroatoms. The van der Waals surface area contributed by atoms with Crippen LogP contribution in [0.4, 0.5) is 4.79 Å². The molecule has 1 heterocycles. The van der Waals surface area contributed by atoms with E-state index in [0.29, 0.717) is 31.2 Å². The number of benzene rings is 1. The third kappa shape index (κ3) is 5.20. The van der Waals surface area contributed by atoms with Gasteiger partial charge in [-0.25, -0.2) is 13.2 Å². The summed E-state index contributed by atoms with van der Waals surface area (Å²) in [5, 5.41) is 10.0. The van der Waals surface area contributed by atoms with E-state index < -0.39 is 15.4 Å². The molecule has 0 bridgehead atoms. The number of amides is 1. The third-order valence-corrected chi connectivity index (χ3v) is 6.72. The first-order valence-corrected chi connectivity index (χ1v) is 11.5. The standard InChI is InChI=1S/C19H25N3O4S2/c1-19(2,3)26-18(23)22-12-10-21(11-13-22)17(27-4)16(14-20)28(24,25)15-8-6-5-7-9-15/h5-9H,10-13H2,1-4H3/b17-16+. The van der Waals surface area contributed by atoms with Gasteiger partial charge >= 0.3 is 6.09 Å². The summed E-state index contributed by atoms with van der Waals surface area (Å²) < 4.78 is 31.2. The van der Waals surface area contributed by atoms with Gasteiger partial charge in [0.15, 0.2) is 4.91 Å². The van der Waals surface area contributed by atoms with Crippen molar-refractivity contribution in [1.82, 2.24) is 9.80 Å². The predicted octanol–water partition coefficient (Wildman–Crippen LogP) is 3.07. The summed E-state index contributed by atoms with van der Waals surface area (Å²) in [4.78, 5) is 15.5. The number of thioether (sulfide) groups is 1. The van der Waals surface area contributed by atoms with Crippen LogP contribution in [0.15, 0.2) is 45.2 Å². The van der Waals surface area contributed by atoms with Crippen molar-refractivity contribution >= 4 is 27.7 Å². The maximum atomic E-state index is 12.9. The average Bonchev–Trinajstić information content (AvgIpc) is 2.65. The number of allylic oxidation sites excluding steroid dienone is 1. The Balaban J connectivity index is 2.23. The molecule has 1 aromatic rings. The van der Waals surface area contributed by atoms with Gasteiger partial charge in [0.2, 0.25) is 9.84 Å². The van der Waals surface area contributed by atoms with E-state index >= 15 is 0 Å². The van der Waals surface area contributed by atoms with Gasteiger partial charge in [-0.05, 0) is 39.2 Å². The zero-order chi connectivity index (χ0) is 20.9. The van der Waals surface area contributed by atoms with Gasteiger partial charge in [0.05, 0.1) is 4.90 Å². The topological polar surface area (TPSA) is 90.7 Å². The number of carbonyl (C=O) groups excluding carboxylic acids is 1. The highest BCUT2D eigenvalue weighted by atomic mass is 32.2. The molecule has 0 aromatic heterocycles. The van der Waals surface area contributed by atoms with Crippen LogP contribution in [-0.2, 0) is 14.6 Å². The summed E-state index contributed by atoms with van der Waals surface area (Å²) in [5.41, 5.74) is -0.573. The second-order valence-electron chi connectivity index (χ2n) is 7.22. The minimum atomic E-state index is -3.91. The summed E-state index contributed by atoms with van der Waals surface area (Å²) in [6, 6.07) is 9.81. The fourth-order valence-electron chi connectivity index (χ4n) is 2.72. The average molecular weight is 424 g/mol. The lowest BCUT2D eigenvalue weighted by Crippen LogP contribution is -2.49. The number of nitrogens with zero attached hydrogens (tertiary/aromatic N) is 3. The van der Waals surface area contributed by atoms with E-state index in [1.807, 2.05) is 31.7 Å². The maximum absolute atomic E-state index is 12.9. The van der Waals surface area contributed by atoms with Gasteiger partial charge in [0.1, 0.15) is 16.7 Å². The lowest BCUT2D eigenvalue weighted by molar-refractivity contribution is 0.0174. The van der Waals surface area contributed by atoms with Crippen molar-refractivity contribution < 1.29 is 17.9 Å². The molecule has 0 saturated carbocycles. The number of nitriles is 1. The summed E-state index contributed by atoms with van der Waals surface area (Å²) in [6.07, 6.45) is 1.35. The largest absolute Gasteiger partial charge is 0.444 e. The molecule has 28 heavy (non-hydrogen) atoms. The molecule has 1 aliphatic heterocycles. The molecule has 1 aliphatic rings. The van der Waals surface area contributed by atoms with E-state index in [9.17, 15) is 18.5 Å². The highest BCUT2D eigenvalue weighted by Gasteiger charge is 2.31. The number of piperazine rings is 1. The quantitative estimate of drug-likeness (QED) is 0.687. The van der Waals surface area contributed by atoms with Crippen LogP contribution < -0.4 is 0 Å². The van der Waals surface area contributed by atoms with Gasteiger partial charge in [0, 0.05) is 26.2 Å². The monoisotopic (exact) mass is 423 g/mol. The molecule has 7 nitrogen and oxygen atoms in total. The normalized spacial score (nSPS) is 16.2. The van der Waals surface area contributed by atoms with Crippen molar-refractivity contribution in [2.45, 2.75) is 31.3 Å². The molecule has 0 aliphatic carbocycles. The Bertz CT molecular complexity index is 876. The SMILES string of the molecule is CS/C(=C(\C#N)S(=O)(=O)c1ccccc1)N1CCN(C(=O)OC(C)(C)C)CC1. The Morgan fingerprint density at radius 1 is 1.11 bits per heavy atom. The molecule has 0 atom stereocenters. The van der Waals surface area contributed by atoms with Crippen LogP contribution in [0.2, 0.25) is 0 Å². The zero-order valence-electron chi connectivity index (χ0n) is 16.5. The maximum Gasteiger partial charge on any atom is 0.410 e. The summed E-state index contributed by atoms with van der Waals surface area (Å²) in [6.45, 7) is 7.05. The summed E-state index contributed by atoms with van der Waals surface area (Å²) in [7, 11) is -3.91. The Labute approximate surface area is 170 Å². The number of hydrogen-bond donors (Lipinski definition) is 0. The molecule has 1 saturated heterocycles. The number of rotatable bonds is 4. The van der Waals surface area contributed by atoms with Crippen LogP contribution in [0.1, 0.15) is 20.8 Å². The highest BCUT2D eigenvalue weighted by molar-refractivity contribution is 8.04. The lowest BCUT2D eigenvalue weighted by atomic mass is 10.2. The molecule has 152 valence electrons. The zero-order valence-corrected chi connectivity index (χ0v) is 18.1. The second kappa shape index (κ2) is 8.88. The van der Waals surface area contributed by atoms with E-state index in [2.05, 4.69) is 0 Å². The fourth-order valence-corrected chi connectivity index (χ4v) is 5.21. The lowest BCUT2D eigenvalue weighted by Gasteiger charge is -2.37. The van der Waals surface area contributed by atoms with Gasteiger partial charge in [-0.15, -0.1) is 11.8 Å². The van der Waals surface area contributed by atoms with E-state index in [4.69, 9.17) is 4.74 Å². The molecular formula is C19H25N3O4S2. The van der Waals surface area contributed by atoms with Crippen LogP contribution in [0.3, 0.4) is 0 Å². The molecule has 0 N–H and O–H groups in total. The minimum absolute atomic E-state index is 0.0884. The minimum Gasteiger partial charge on any atom is -0.444 e. The van der Waals surface area contributed by atoms with Gasteiger partial charge in [0.25, 0.3) is 0 Å². The molecule has 2 rings (SSSR count). The van der Waals surface area contributed by atoms with Gasteiger partial charge < -0.3 is 14.5 Å². The molecule has 0 unspecified atom stereocenters. The number of hydrogen-bond acceptors (Lipinski definition) is 7. The Kier molecular flexibility index (Phi) is 7.01. The van der Waals surface area contributed by atoms with E-state index in [0.717, 1.165) is 0 Å². The van der Waals surface area contributed by atoms with E-state index in [1.54, 1.807) is 29.4 Å². The van der Waals surface area contributed by atoms with Crippen molar-refractivity contribution in [3.8, 4) is 6.07 Å². The fraction of sp³-hybridized carbons (Fsp3) is 0.474. The molecular weight excluding hydrogens is 398 g/mol. The van der Waals surface area contributed by atoms with Crippen LogP contribution in [0.25, 0.3) is 0 Å². The first-order valence-electron chi connectivity index (χ1n) is 8.81. The van der Waals surface area contributed by atoms with Gasteiger partial charge in [-0.3, -0.25) is 0 Å². The summed E-state index contributed by atoms with van der Waals surface area (Å²) >= 11 is 1.22. The third-order valence-electron chi connectivity index (χ3n) is 4.03. The van der Waals surface area contributed by atoms with Crippen molar-refractivity contribution in [2.75, 3.05) is 32.4 Å². The molecule has 1 aromatic carbocycles. The molecule has 1 fully saturated rings. The van der Waals surface area contributed by atoms with Gasteiger partial charge in [-0.2, -0.15) is 5.26 Å². The Hall–Kier alpha value is -2.18.